The van der Waals surface area contributed by atoms with E-state index in [1.807, 2.05) is 13.8 Å². The normalized spacial score (nSPS) is 14.5. The maximum absolute atomic E-state index is 12.2. The molecule has 0 amide bonds. The van der Waals surface area contributed by atoms with Gasteiger partial charge in [-0.2, -0.15) is 0 Å². The third-order valence-electron chi connectivity index (χ3n) is 3.07. The summed E-state index contributed by atoms with van der Waals surface area (Å²) in [6.07, 6.45) is 0.586. The van der Waals surface area contributed by atoms with Gasteiger partial charge in [-0.25, -0.2) is 13.1 Å². The monoisotopic (exact) mass is 313 g/mol. The molecule has 2 atom stereocenters. The minimum atomic E-state index is -3.61. The average molecular weight is 313 g/mol. The number of benzene rings is 1. The Morgan fingerprint density at radius 2 is 1.81 bits per heavy atom. The van der Waals surface area contributed by atoms with E-state index in [4.69, 9.17) is 4.74 Å². The Balaban J connectivity index is 2.63. The predicted molar refractivity (Wildman–Crippen MR) is 81.4 cm³/mol. The van der Waals surface area contributed by atoms with Gasteiger partial charge in [0.25, 0.3) is 0 Å². The van der Waals surface area contributed by atoms with Crippen molar-refractivity contribution in [2.45, 2.75) is 57.6 Å². The highest BCUT2D eigenvalue weighted by Gasteiger charge is 2.20. The van der Waals surface area contributed by atoms with Gasteiger partial charge < -0.3 is 4.74 Å². The third kappa shape index (κ3) is 5.85. The number of aryl methyl sites for hydroxylation is 1. The van der Waals surface area contributed by atoms with Crippen LogP contribution in [0.1, 0.15) is 39.2 Å². The SMILES string of the molecule is CCC(C)OC(=O)CC(C)NS(=O)(=O)c1ccc(C)cc1. The number of esters is 1. The minimum Gasteiger partial charge on any atom is -0.463 e. The maximum atomic E-state index is 12.2. The molecule has 0 aliphatic carbocycles. The molecule has 0 aliphatic heterocycles. The van der Waals surface area contributed by atoms with Crippen molar-refractivity contribution in [3.8, 4) is 0 Å². The van der Waals surface area contributed by atoms with Crippen molar-refractivity contribution in [3.05, 3.63) is 29.8 Å². The molecule has 1 aromatic carbocycles. The zero-order chi connectivity index (χ0) is 16.0. The van der Waals surface area contributed by atoms with E-state index >= 15 is 0 Å². The van der Waals surface area contributed by atoms with E-state index in [0.717, 1.165) is 12.0 Å². The van der Waals surface area contributed by atoms with Crippen LogP contribution in [0, 0.1) is 6.92 Å². The first-order chi connectivity index (χ1) is 9.74. The van der Waals surface area contributed by atoms with Crippen LogP contribution in [0.2, 0.25) is 0 Å². The first-order valence-electron chi connectivity index (χ1n) is 7.03. The van der Waals surface area contributed by atoms with E-state index in [-0.39, 0.29) is 17.4 Å². The standard InChI is InChI=1S/C15H23NO4S/c1-5-13(4)20-15(17)10-12(3)16-21(18,19)14-8-6-11(2)7-9-14/h6-9,12-13,16H,5,10H2,1-4H3. The smallest absolute Gasteiger partial charge is 0.307 e. The molecular weight excluding hydrogens is 290 g/mol. The lowest BCUT2D eigenvalue weighted by molar-refractivity contribution is -0.148. The Hall–Kier alpha value is -1.40. The minimum absolute atomic E-state index is 0.00936. The number of hydrogen-bond acceptors (Lipinski definition) is 4. The summed E-state index contributed by atoms with van der Waals surface area (Å²) in [4.78, 5) is 11.8. The van der Waals surface area contributed by atoms with Crippen LogP contribution in [-0.2, 0) is 19.6 Å². The summed E-state index contributed by atoms with van der Waals surface area (Å²) in [5.74, 6) is -0.400. The van der Waals surface area contributed by atoms with Crippen LogP contribution >= 0.6 is 0 Å². The van der Waals surface area contributed by atoms with Gasteiger partial charge in [-0.15, -0.1) is 0 Å². The molecule has 5 nitrogen and oxygen atoms in total. The summed E-state index contributed by atoms with van der Waals surface area (Å²) in [7, 11) is -3.61. The highest BCUT2D eigenvalue weighted by Crippen LogP contribution is 2.11. The number of carbonyl (C=O) groups excluding carboxylic acids is 1. The van der Waals surface area contributed by atoms with Gasteiger partial charge in [-0.05, 0) is 39.3 Å². The second-order valence-electron chi connectivity index (χ2n) is 5.25. The van der Waals surface area contributed by atoms with E-state index in [0.29, 0.717) is 0 Å². The van der Waals surface area contributed by atoms with Gasteiger partial charge in [0.2, 0.25) is 10.0 Å². The van der Waals surface area contributed by atoms with Gasteiger partial charge >= 0.3 is 5.97 Å². The highest BCUT2D eigenvalue weighted by atomic mass is 32.2. The molecule has 2 unspecified atom stereocenters. The summed E-state index contributed by atoms with van der Waals surface area (Å²) in [5, 5.41) is 0. The second kappa shape index (κ2) is 7.56. The molecule has 0 saturated heterocycles. The Morgan fingerprint density at radius 3 is 2.33 bits per heavy atom. The van der Waals surface area contributed by atoms with Crippen molar-refractivity contribution < 1.29 is 17.9 Å². The molecule has 0 heterocycles. The molecule has 21 heavy (non-hydrogen) atoms. The molecule has 1 rings (SSSR count). The zero-order valence-corrected chi connectivity index (χ0v) is 13.7. The Kier molecular flexibility index (Phi) is 6.36. The quantitative estimate of drug-likeness (QED) is 0.785. The summed E-state index contributed by atoms with van der Waals surface area (Å²) in [6.45, 7) is 7.25. The van der Waals surface area contributed by atoms with E-state index in [1.54, 1.807) is 38.1 Å². The lowest BCUT2D eigenvalue weighted by Crippen LogP contribution is -2.35. The average Bonchev–Trinajstić information content (AvgIpc) is 2.37. The van der Waals surface area contributed by atoms with Crippen LogP contribution < -0.4 is 4.72 Å². The zero-order valence-electron chi connectivity index (χ0n) is 12.9. The first kappa shape index (κ1) is 17.7. The molecule has 0 saturated carbocycles. The molecule has 6 heteroatoms. The van der Waals surface area contributed by atoms with Gasteiger partial charge in [0.05, 0.1) is 17.4 Å². The Morgan fingerprint density at radius 1 is 1.24 bits per heavy atom. The van der Waals surface area contributed by atoms with Crippen LogP contribution in [-0.4, -0.2) is 26.5 Å². The molecule has 0 aliphatic rings. The summed E-state index contributed by atoms with van der Waals surface area (Å²) < 4.78 is 31.9. The largest absolute Gasteiger partial charge is 0.463 e. The van der Waals surface area contributed by atoms with Gasteiger partial charge in [-0.3, -0.25) is 4.79 Å². The van der Waals surface area contributed by atoms with Crippen molar-refractivity contribution >= 4 is 16.0 Å². The number of ether oxygens (including phenoxy) is 1. The molecule has 1 aromatic rings. The van der Waals surface area contributed by atoms with E-state index in [9.17, 15) is 13.2 Å². The summed E-state index contributed by atoms with van der Waals surface area (Å²) in [5.41, 5.74) is 0.985. The molecule has 0 aromatic heterocycles. The predicted octanol–water partition coefficient (Wildman–Crippen LogP) is 2.39. The number of sulfonamides is 1. The molecule has 0 radical (unpaired) electrons. The number of hydrogen-bond donors (Lipinski definition) is 1. The number of rotatable bonds is 7. The van der Waals surface area contributed by atoms with Crippen molar-refractivity contribution in [1.82, 2.24) is 4.72 Å². The van der Waals surface area contributed by atoms with Crippen LogP contribution in [0.25, 0.3) is 0 Å². The number of carbonyl (C=O) groups is 1. The van der Waals surface area contributed by atoms with Gasteiger partial charge in [-0.1, -0.05) is 24.6 Å². The van der Waals surface area contributed by atoms with Crippen LogP contribution in [0.15, 0.2) is 29.2 Å². The lowest BCUT2D eigenvalue weighted by atomic mass is 10.2. The van der Waals surface area contributed by atoms with Gasteiger partial charge in [0, 0.05) is 6.04 Å². The summed E-state index contributed by atoms with van der Waals surface area (Å²) >= 11 is 0. The van der Waals surface area contributed by atoms with Crippen molar-refractivity contribution in [1.29, 1.82) is 0 Å². The van der Waals surface area contributed by atoms with Crippen LogP contribution in [0.3, 0.4) is 0 Å². The van der Waals surface area contributed by atoms with Crippen molar-refractivity contribution in [3.63, 3.8) is 0 Å². The molecule has 118 valence electrons. The molecular formula is C15H23NO4S. The van der Waals surface area contributed by atoms with Crippen molar-refractivity contribution in [2.75, 3.05) is 0 Å². The van der Waals surface area contributed by atoms with Gasteiger partial charge in [0.1, 0.15) is 0 Å². The molecule has 0 bridgehead atoms. The molecule has 0 fully saturated rings. The fourth-order valence-electron chi connectivity index (χ4n) is 1.70. The summed E-state index contributed by atoms with van der Waals surface area (Å²) in [6, 6.07) is 6.03. The fourth-order valence-corrected chi connectivity index (χ4v) is 2.94. The molecule has 1 N–H and O–H groups in total. The van der Waals surface area contributed by atoms with Gasteiger partial charge in [0.15, 0.2) is 0 Å². The maximum Gasteiger partial charge on any atom is 0.307 e. The van der Waals surface area contributed by atoms with E-state index in [2.05, 4.69) is 4.72 Å². The lowest BCUT2D eigenvalue weighted by Gasteiger charge is -2.16. The number of nitrogens with one attached hydrogen (secondary N) is 1. The second-order valence-corrected chi connectivity index (χ2v) is 6.96. The van der Waals surface area contributed by atoms with Crippen LogP contribution in [0.5, 0.6) is 0 Å². The fraction of sp³-hybridized carbons (Fsp3) is 0.533. The van der Waals surface area contributed by atoms with Crippen LogP contribution in [0.4, 0.5) is 0 Å². The third-order valence-corrected chi connectivity index (χ3v) is 4.67. The van der Waals surface area contributed by atoms with E-state index < -0.39 is 22.0 Å². The van der Waals surface area contributed by atoms with Crippen molar-refractivity contribution in [2.24, 2.45) is 0 Å². The Labute approximate surface area is 126 Å². The Bertz CT molecular complexity index is 566. The first-order valence-corrected chi connectivity index (χ1v) is 8.51. The van der Waals surface area contributed by atoms with E-state index in [1.165, 1.54) is 0 Å². The highest BCUT2D eigenvalue weighted by molar-refractivity contribution is 7.89. The topological polar surface area (TPSA) is 72.5 Å². The molecule has 0 spiro atoms.